The Labute approximate surface area is 165 Å². The molecule has 0 unspecified atom stereocenters. The number of nitrogens with two attached hydrogens (primary N) is 1. The van der Waals surface area contributed by atoms with Gasteiger partial charge in [0.25, 0.3) is 10.1 Å². The maximum absolute atomic E-state index is 14.1. The summed E-state index contributed by atoms with van der Waals surface area (Å²) in [6, 6.07) is 0. The van der Waals surface area contributed by atoms with E-state index in [4.69, 9.17) is 19.4 Å². The van der Waals surface area contributed by atoms with Gasteiger partial charge in [0.05, 0.1) is 39.6 Å². The van der Waals surface area contributed by atoms with Gasteiger partial charge in [-0.2, -0.15) is 13.4 Å². The average molecular weight is 438 g/mol. The lowest BCUT2D eigenvalue weighted by atomic mass is 10.1. The summed E-state index contributed by atoms with van der Waals surface area (Å²) in [5.74, 6) is -1.43. The molecule has 9 nitrogen and oxygen atoms in total. The van der Waals surface area contributed by atoms with E-state index in [1.165, 1.54) is 0 Å². The molecule has 0 spiro atoms. The summed E-state index contributed by atoms with van der Waals surface area (Å²) in [6.07, 6.45) is 0.415. The predicted octanol–water partition coefficient (Wildman–Crippen LogP) is 0.592. The third-order valence-electron chi connectivity index (χ3n) is 4.40. The van der Waals surface area contributed by atoms with Crippen LogP contribution in [0.15, 0.2) is 11.0 Å². The van der Waals surface area contributed by atoms with Gasteiger partial charge in [0.2, 0.25) is 0 Å². The smallest absolute Gasteiger partial charge is 0.351 e. The van der Waals surface area contributed by atoms with Gasteiger partial charge in [0, 0.05) is 6.42 Å². The van der Waals surface area contributed by atoms with Gasteiger partial charge in [0.1, 0.15) is 6.10 Å². The minimum Gasteiger partial charge on any atom is -0.381 e. The average Bonchev–Trinajstić information content (AvgIpc) is 2.86. The van der Waals surface area contributed by atoms with Gasteiger partial charge < -0.3 is 15.2 Å². The largest absolute Gasteiger partial charge is 0.381 e. The molecule has 0 aromatic carbocycles. The number of nitrogen functional groups attached to an aromatic ring is 1. The first kappa shape index (κ1) is 22.9. The molecule has 28 heavy (non-hydrogen) atoms. The molecule has 12 heteroatoms. The van der Waals surface area contributed by atoms with Crippen LogP contribution >= 0.6 is 0 Å². The molecule has 1 aromatic rings. The summed E-state index contributed by atoms with van der Waals surface area (Å²) in [6.45, 7) is 9.50. The van der Waals surface area contributed by atoms with E-state index in [0.717, 1.165) is 17.0 Å². The number of hydrogen-bond donors (Lipinski definition) is 1. The topological polar surface area (TPSA) is 123 Å². The van der Waals surface area contributed by atoms with Crippen LogP contribution in [0.4, 0.5) is 10.2 Å². The van der Waals surface area contributed by atoms with Crippen molar-refractivity contribution in [2.24, 2.45) is 0 Å². The van der Waals surface area contributed by atoms with Gasteiger partial charge in [-0.05, 0) is 20.8 Å². The van der Waals surface area contributed by atoms with Crippen LogP contribution in [0.1, 0.15) is 27.2 Å². The fourth-order valence-corrected chi connectivity index (χ4v) is 6.15. The van der Waals surface area contributed by atoms with E-state index in [2.05, 4.69) is 4.98 Å². The van der Waals surface area contributed by atoms with E-state index in [9.17, 15) is 17.6 Å². The normalized spacial score (nSPS) is 26.1. The van der Waals surface area contributed by atoms with Crippen molar-refractivity contribution in [1.29, 1.82) is 0 Å². The first-order valence-electron chi connectivity index (χ1n) is 8.91. The van der Waals surface area contributed by atoms with Gasteiger partial charge >= 0.3 is 5.69 Å². The molecule has 2 rings (SSSR count). The molecule has 160 valence electrons. The van der Waals surface area contributed by atoms with Crippen LogP contribution in [0.5, 0.6) is 0 Å². The Morgan fingerprint density at radius 1 is 1.46 bits per heavy atom. The number of halogens is 1. The molecule has 2 heterocycles. The Morgan fingerprint density at radius 3 is 2.57 bits per heavy atom. The Kier molecular flexibility index (Phi) is 6.41. The van der Waals surface area contributed by atoms with Crippen molar-refractivity contribution in [3.63, 3.8) is 0 Å². The van der Waals surface area contributed by atoms with E-state index in [0.29, 0.717) is 0 Å². The van der Waals surface area contributed by atoms with Crippen molar-refractivity contribution >= 4 is 24.7 Å². The van der Waals surface area contributed by atoms with E-state index < -0.39 is 59.4 Å². The Hall–Kier alpha value is -1.34. The number of anilines is 1. The Balaban J connectivity index is 2.56. The zero-order valence-corrected chi connectivity index (χ0v) is 18.9. The van der Waals surface area contributed by atoms with E-state index in [1.54, 1.807) is 0 Å². The summed E-state index contributed by atoms with van der Waals surface area (Å²) < 4.78 is 56.1. The fourth-order valence-electron chi connectivity index (χ4n) is 3.26. The molecule has 0 radical (unpaired) electrons. The number of ether oxygens (including phenoxy) is 2. The second kappa shape index (κ2) is 7.82. The lowest BCUT2D eigenvalue weighted by Gasteiger charge is -2.38. The van der Waals surface area contributed by atoms with Crippen LogP contribution in [-0.4, -0.2) is 57.4 Å². The summed E-state index contributed by atoms with van der Waals surface area (Å²) >= 11 is 0. The molecular weight excluding hydrogens is 409 g/mol. The number of rotatable bonds is 6. The summed E-state index contributed by atoms with van der Waals surface area (Å²) in [7, 11) is -5.93. The number of nitrogens with zero attached hydrogens (tertiary/aromatic N) is 2. The second-order valence-corrected chi connectivity index (χ2v) is 13.0. The van der Waals surface area contributed by atoms with Crippen LogP contribution in [0.2, 0.25) is 13.1 Å². The Morgan fingerprint density at radius 2 is 2.07 bits per heavy atom. The fraction of sp³-hybridized carbons (Fsp3) is 0.750. The standard InChI is InChI=1S/C16H28FN3O6SSi/c1-15(2,3)24-9-10-7-12(26-27(4,22)23)16(25-10,28(5)6)20-8-11(17)13(18)19-14(20)21/h8,10,12,28H,7,9H2,1-6H3,(H2,18,19,21)/t10-,12-,16+/m1/s1. The number of aromatic nitrogens is 2. The minimum absolute atomic E-state index is 0.159. The molecule has 1 aliphatic heterocycles. The molecule has 0 saturated carbocycles. The van der Waals surface area contributed by atoms with Crippen LogP contribution in [0, 0.1) is 5.82 Å². The first-order chi connectivity index (χ1) is 12.7. The molecule has 0 aliphatic carbocycles. The van der Waals surface area contributed by atoms with Gasteiger partial charge in [-0.1, -0.05) is 13.1 Å². The molecule has 1 saturated heterocycles. The summed E-state index contributed by atoms with van der Waals surface area (Å²) in [4.78, 5) is 16.0. The number of hydrogen-bond acceptors (Lipinski definition) is 8. The minimum atomic E-state index is -3.87. The molecule has 2 N–H and O–H groups in total. The van der Waals surface area contributed by atoms with Crippen molar-refractivity contribution in [2.75, 3.05) is 18.6 Å². The molecule has 1 aliphatic rings. The van der Waals surface area contributed by atoms with Crippen molar-refractivity contribution < 1.29 is 26.5 Å². The van der Waals surface area contributed by atoms with Crippen LogP contribution in [0.3, 0.4) is 0 Å². The molecular formula is C16H28FN3O6SSi. The van der Waals surface area contributed by atoms with E-state index >= 15 is 0 Å². The third-order valence-corrected chi connectivity index (χ3v) is 7.42. The van der Waals surface area contributed by atoms with Crippen molar-refractivity contribution in [1.82, 2.24) is 9.55 Å². The van der Waals surface area contributed by atoms with Crippen molar-refractivity contribution in [2.45, 2.75) is 63.4 Å². The van der Waals surface area contributed by atoms with Crippen LogP contribution < -0.4 is 11.4 Å². The van der Waals surface area contributed by atoms with Crippen LogP contribution in [0.25, 0.3) is 0 Å². The van der Waals surface area contributed by atoms with E-state index in [-0.39, 0.29) is 13.0 Å². The molecule has 1 aromatic heterocycles. The predicted molar refractivity (Wildman–Crippen MR) is 105 cm³/mol. The molecule has 0 amide bonds. The van der Waals surface area contributed by atoms with Crippen LogP contribution in [-0.2, 0) is 29.1 Å². The monoisotopic (exact) mass is 437 g/mol. The quantitative estimate of drug-likeness (QED) is 0.507. The second-order valence-electron chi connectivity index (χ2n) is 8.22. The zero-order chi connectivity index (χ0) is 21.5. The summed E-state index contributed by atoms with van der Waals surface area (Å²) in [5, 5.41) is -1.46. The highest BCUT2D eigenvalue weighted by Crippen LogP contribution is 2.40. The van der Waals surface area contributed by atoms with Crippen molar-refractivity contribution in [3.05, 3.63) is 22.5 Å². The van der Waals surface area contributed by atoms with E-state index in [1.807, 2.05) is 33.9 Å². The van der Waals surface area contributed by atoms with Gasteiger partial charge in [-0.25, -0.2) is 9.18 Å². The lowest BCUT2D eigenvalue weighted by Crippen LogP contribution is -2.58. The van der Waals surface area contributed by atoms with Gasteiger partial charge in [0.15, 0.2) is 17.0 Å². The van der Waals surface area contributed by atoms with Crippen molar-refractivity contribution in [3.8, 4) is 0 Å². The maximum atomic E-state index is 14.1. The third kappa shape index (κ3) is 4.98. The lowest BCUT2D eigenvalue weighted by molar-refractivity contribution is -0.115. The van der Waals surface area contributed by atoms with Gasteiger partial charge in [-0.3, -0.25) is 8.75 Å². The van der Waals surface area contributed by atoms with Gasteiger partial charge in [-0.15, -0.1) is 0 Å². The zero-order valence-electron chi connectivity index (χ0n) is 16.9. The molecule has 1 fully saturated rings. The Bertz CT molecular complexity index is 885. The highest BCUT2D eigenvalue weighted by molar-refractivity contribution is 7.86. The maximum Gasteiger partial charge on any atom is 0.351 e. The molecule has 0 bridgehead atoms. The SMILES string of the molecule is C[SiH](C)[C@@]1(n2cc(F)c(N)nc2=O)O[C@@H](COC(C)(C)C)C[C@H]1OS(C)(=O)=O. The highest BCUT2D eigenvalue weighted by atomic mass is 32.2. The first-order valence-corrected chi connectivity index (χ1v) is 13.6. The highest BCUT2D eigenvalue weighted by Gasteiger charge is 2.55. The summed E-state index contributed by atoms with van der Waals surface area (Å²) in [5.41, 5.74) is 4.12. The molecule has 3 atom stereocenters.